The molecule has 0 bridgehead atoms. The molecule has 0 rings (SSSR count). The van der Waals surface area contributed by atoms with Crippen LogP contribution in [-0.2, 0) is 8.85 Å². The average molecular weight is 162 g/mol. The van der Waals surface area contributed by atoms with E-state index in [0.29, 0.717) is 13.2 Å². The van der Waals surface area contributed by atoms with Crippen LogP contribution in [0.3, 0.4) is 0 Å². The van der Waals surface area contributed by atoms with Crippen molar-refractivity contribution >= 4 is 9.28 Å². The van der Waals surface area contributed by atoms with Crippen molar-refractivity contribution < 1.29 is 8.85 Å². The van der Waals surface area contributed by atoms with E-state index in [1.54, 1.807) is 0 Å². The van der Waals surface area contributed by atoms with Gasteiger partial charge in [-0.3, -0.25) is 0 Å². The van der Waals surface area contributed by atoms with Crippen LogP contribution in [0.1, 0.15) is 20.8 Å². The van der Waals surface area contributed by atoms with E-state index in [9.17, 15) is 0 Å². The van der Waals surface area contributed by atoms with Gasteiger partial charge >= 0.3 is 9.28 Å². The van der Waals surface area contributed by atoms with E-state index in [1.807, 2.05) is 20.8 Å². The zero-order chi connectivity index (χ0) is 7.98. The summed E-state index contributed by atoms with van der Waals surface area (Å²) in [6.45, 7) is 7.20. The normalized spacial score (nSPS) is 14.1. The first-order chi connectivity index (χ1) is 4.72. The molecule has 1 unspecified atom stereocenters. The molecule has 2 N–H and O–H groups in total. The van der Waals surface area contributed by atoms with Gasteiger partial charge in [0, 0.05) is 18.9 Å². The van der Waals surface area contributed by atoms with E-state index in [4.69, 9.17) is 14.6 Å². The molecule has 0 aromatic rings. The van der Waals surface area contributed by atoms with Crippen molar-refractivity contribution in [1.29, 1.82) is 0 Å². The lowest BCUT2D eigenvalue weighted by molar-refractivity contribution is 0.206. The highest BCUT2D eigenvalue weighted by molar-refractivity contribution is 6.46. The zero-order valence-corrected chi connectivity index (χ0v) is 7.89. The van der Waals surface area contributed by atoms with Crippen LogP contribution in [0.25, 0.3) is 0 Å². The molecule has 0 aliphatic heterocycles. The summed E-state index contributed by atoms with van der Waals surface area (Å²) in [6, 6.07) is 0. The van der Waals surface area contributed by atoms with E-state index in [1.165, 1.54) is 0 Å². The number of rotatable bonds is 5. The smallest absolute Gasteiger partial charge is 0.393 e. The molecule has 1 atom stereocenters. The molecule has 0 fully saturated rings. The summed E-state index contributed by atoms with van der Waals surface area (Å²) in [5, 5.41) is 0. The second kappa shape index (κ2) is 5.85. The van der Waals surface area contributed by atoms with Gasteiger partial charge in [0.05, 0.1) is 0 Å². The summed E-state index contributed by atoms with van der Waals surface area (Å²) in [7, 11) is -1.19. The first-order valence-corrected chi connectivity index (χ1v) is 4.99. The van der Waals surface area contributed by atoms with Crippen molar-refractivity contribution in [3.63, 3.8) is 0 Å². The van der Waals surface area contributed by atoms with Crippen LogP contribution in [0, 0.1) is 0 Å². The largest absolute Gasteiger partial charge is 0.402 e. The second-order valence-electron chi connectivity index (χ2n) is 1.97. The van der Waals surface area contributed by atoms with E-state index in [2.05, 4.69) is 0 Å². The van der Waals surface area contributed by atoms with Gasteiger partial charge in [-0.15, -0.1) is 0 Å². The molecule has 0 heterocycles. The Kier molecular flexibility index (Phi) is 5.91. The molecule has 1 radical (unpaired) electrons. The topological polar surface area (TPSA) is 44.5 Å². The Morgan fingerprint density at radius 3 is 1.90 bits per heavy atom. The maximum Gasteiger partial charge on any atom is 0.402 e. The molecule has 0 saturated carbocycles. The number of nitrogens with two attached hydrogens (primary N) is 1. The van der Waals surface area contributed by atoms with Crippen molar-refractivity contribution in [3.8, 4) is 0 Å². The van der Waals surface area contributed by atoms with Gasteiger partial charge in [0.15, 0.2) is 0 Å². The molecule has 4 heteroatoms. The predicted octanol–water partition coefficient (Wildman–Crippen LogP) is 0.434. The highest BCUT2D eigenvalue weighted by Crippen LogP contribution is 1.93. The van der Waals surface area contributed by atoms with E-state index in [0.717, 1.165) is 0 Å². The van der Waals surface area contributed by atoms with Gasteiger partial charge in [0.2, 0.25) is 0 Å². The fourth-order valence-electron chi connectivity index (χ4n) is 0.589. The third-order valence-corrected chi connectivity index (χ3v) is 2.83. The molecule has 0 amide bonds. The minimum atomic E-state index is -1.19. The van der Waals surface area contributed by atoms with Crippen LogP contribution in [0.5, 0.6) is 0 Å². The van der Waals surface area contributed by atoms with E-state index >= 15 is 0 Å². The van der Waals surface area contributed by atoms with Gasteiger partial charge < -0.3 is 14.6 Å². The Bertz CT molecular complexity index is 74.1. The fraction of sp³-hybridized carbons (Fsp3) is 1.00. The summed E-state index contributed by atoms with van der Waals surface area (Å²) in [4.78, 5) is 0. The zero-order valence-electron chi connectivity index (χ0n) is 6.89. The lowest BCUT2D eigenvalue weighted by Crippen LogP contribution is -2.41. The van der Waals surface area contributed by atoms with Crippen molar-refractivity contribution in [3.05, 3.63) is 0 Å². The van der Waals surface area contributed by atoms with Crippen LogP contribution in [-0.4, -0.2) is 28.2 Å². The van der Waals surface area contributed by atoms with Crippen molar-refractivity contribution in [1.82, 2.24) is 0 Å². The molecular formula is C6H16NO2Si. The Labute approximate surface area is 64.4 Å². The van der Waals surface area contributed by atoms with Gasteiger partial charge in [0.25, 0.3) is 0 Å². The summed E-state index contributed by atoms with van der Waals surface area (Å²) >= 11 is 0. The minimum absolute atomic E-state index is 0.0462. The second-order valence-corrected chi connectivity index (χ2v) is 4.10. The van der Waals surface area contributed by atoms with Crippen molar-refractivity contribution in [2.24, 2.45) is 5.73 Å². The molecule has 0 aliphatic rings. The molecular weight excluding hydrogens is 146 g/mol. The monoisotopic (exact) mass is 162 g/mol. The van der Waals surface area contributed by atoms with Gasteiger partial charge in [0.1, 0.15) is 0 Å². The summed E-state index contributed by atoms with van der Waals surface area (Å²) in [6.07, 6.45) is 0. The quantitative estimate of drug-likeness (QED) is 0.596. The van der Waals surface area contributed by atoms with Crippen molar-refractivity contribution in [2.75, 3.05) is 13.2 Å². The third-order valence-electron chi connectivity index (χ3n) is 0.945. The number of hydrogen-bond acceptors (Lipinski definition) is 3. The van der Waals surface area contributed by atoms with Gasteiger partial charge in [-0.25, -0.2) is 0 Å². The molecule has 0 spiro atoms. The van der Waals surface area contributed by atoms with Gasteiger partial charge in [-0.05, 0) is 20.8 Å². The molecule has 0 aromatic carbocycles. The third kappa shape index (κ3) is 4.00. The highest BCUT2D eigenvalue weighted by atomic mass is 28.3. The predicted molar refractivity (Wildman–Crippen MR) is 42.7 cm³/mol. The Morgan fingerprint density at radius 2 is 1.70 bits per heavy atom. The molecule has 0 saturated heterocycles. The molecule has 10 heavy (non-hydrogen) atoms. The maximum atomic E-state index is 5.60. The Hall–Kier alpha value is 0.0969. The van der Waals surface area contributed by atoms with E-state index in [-0.39, 0.29) is 5.67 Å². The van der Waals surface area contributed by atoms with Crippen LogP contribution in [0.4, 0.5) is 0 Å². The van der Waals surface area contributed by atoms with Gasteiger partial charge in [-0.2, -0.15) is 0 Å². The van der Waals surface area contributed by atoms with Crippen LogP contribution < -0.4 is 5.73 Å². The average Bonchev–Trinajstić information content (AvgIpc) is 1.87. The summed E-state index contributed by atoms with van der Waals surface area (Å²) < 4.78 is 10.6. The van der Waals surface area contributed by atoms with Crippen LogP contribution >= 0.6 is 0 Å². The fourth-order valence-corrected chi connectivity index (χ4v) is 1.77. The van der Waals surface area contributed by atoms with E-state index < -0.39 is 9.28 Å². The summed E-state index contributed by atoms with van der Waals surface area (Å²) in [5.41, 5.74) is 5.65. The van der Waals surface area contributed by atoms with Crippen LogP contribution in [0.15, 0.2) is 0 Å². The SMILES string of the molecule is CCO[Si](OCC)C(C)N. The van der Waals surface area contributed by atoms with Crippen LogP contribution in [0.2, 0.25) is 0 Å². The highest BCUT2D eigenvalue weighted by Gasteiger charge is 2.19. The minimum Gasteiger partial charge on any atom is -0.393 e. The molecule has 3 nitrogen and oxygen atoms in total. The Balaban J connectivity index is 3.50. The molecule has 0 aromatic heterocycles. The van der Waals surface area contributed by atoms with Crippen molar-refractivity contribution in [2.45, 2.75) is 26.4 Å². The lowest BCUT2D eigenvalue weighted by atomic mass is 10.8. The van der Waals surface area contributed by atoms with Gasteiger partial charge in [-0.1, -0.05) is 0 Å². The molecule has 61 valence electrons. The lowest BCUT2D eigenvalue weighted by Gasteiger charge is -2.15. The first-order valence-electron chi connectivity index (χ1n) is 3.60. The number of hydrogen-bond donors (Lipinski definition) is 1. The molecule has 0 aliphatic carbocycles. The maximum absolute atomic E-state index is 5.60. The summed E-state index contributed by atoms with van der Waals surface area (Å²) in [5.74, 6) is 0. The standard InChI is InChI=1S/C6H16NO2Si/c1-4-8-10(6(3)7)9-5-2/h6H,4-5,7H2,1-3H3. The Morgan fingerprint density at radius 1 is 1.30 bits per heavy atom. The first kappa shape index (κ1) is 10.1.